The maximum atomic E-state index is 12.8. The number of esters is 1. The van der Waals surface area contributed by atoms with E-state index in [-0.39, 0.29) is 0 Å². The molecule has 0 aliphatic carbocycles. The second kappa shape index (κ2) is 10.2. The van der Waals surface area contributed by atoms with Gasteiger partial charge in [0, 0.05) is 16.8 Å². The molecule has 6 heteroatoms. The Bertz CT molecular complexity index is 1520. The van der Waals surface area contributed by atoms with Gasteiger partial charge < -0.3 is 10.1 Å². The predicted molar refractivity (Wildman–Crippen MR) is 140 cm³/mol. The van der Waals surface area contributed by atoms with Crippen molar-refractivity contribution in [3.63, 3.8) is 0 Å². The summed E-state index contributed by atoms with van der Waals surface area (Å²) in [5.74, 6) is -1.02. The third-order valence-corrected chi connectivity index (χ3v) is 5.69. The highest BCUT2D eigenvalue weighted by molar-refractivity contribution is 5.99. The van der Waals surface area contributed by atoms with E-state index >= 15 is 0 Å². The molecule has 6 nitrogen and oxygen atoms in total. The van der Waals surface area contributed by atoms with E-state index in [4.69, 9.17) is 14.7 Å². The Hall–Kier alpha value is -4.84. The predicted octanol–water partition coefficient (Wildman–Crippen LogP) is 6.15. The molecule has 0 aliphatic heterocycles. The fraction of sp³-hybridized carbons (Fsp3) is 0.0667. The van der Waals surface area contributed by atoms with Crippen molar-refractivity contribution < 1.29 is 14.3 Å². The Kier molecular flexibility index (Phi) is 6.49. The van der Waals surface area contributed by atoms with Gasteiger partial charge in [-0.1, -0.05) is 78.9 Å². The normalized spacial score (nSPS) is 11.6. The standard InChI is InChI=1S/C30H23N3O3/c1-20(29(34)31-24-15-9-4-10-16-24)36-30(35)23-17-18-25-26(19-23)33-28(22-13-7-3-8-14-22)27(32-25)21-11-5-2-6-12-21/h2-20H,1H3,(H,31,34). The quantitative estimate of drug-likeness (QED) is 0.299. The van der Waals surface area contributed by atoms with E-state index in [1.165, 1.54) is 6.92 Å². The van der Waals surface area contributed by atoms with Gasteiger partial charge in [0.1, 0.15) is 0 Å². The maximum Gasteiger partial charge on any atom is 0.338 e. The molecule has 0 saturated carbocycles. The number of hydrogen-bond acceptors (Lipinski definition) is 5. The van der Waals surface area contributed by atoms with Crippen molar-refractivity contribution in [3.8, 4) is 22.5 Å². The molecule has 0 aliphatic rings. The molecule has 36 heavy (non-hydrogen) atoms. The van der Waals surface area contributed by atoms with Crippen molar-refractivity contribution in [3.05, 3.63) is 115 Å². The van der Waals surface area contributed by atoms with Gasteiger partial charge in [0.05, 0.1) is 28.0 Å². The molecule has 0 radical (unpaired) electrons. The number of nitrogens with one attached hydrogen (secondary N) is 1. The molecule has 0 saturated heterocycles. The molecule has 4 aromatic carbocycles. The molecule has 1 amide bonds. The number of fused-ring (bicyclic) bond motifs is 1. The number of hydrogen-bond donors (Lipinski definition) is 1. The Morgan fingerprint density at radius 1 is 0.694 bits per heavy atom. The topological polar surface area (TPSA) is 81.2 Å². The van der Waals surface area contributed by atoms with E-state index in [2.05, 4.69) is 5.32 Å². The summed E-state index contributed by atoms with van der Waals surface area (Å²) in [6, 6.07) is 33.7. The molecule has 1 atom stereocenters. The minimum absolute atomic E-state index is 0.294. The second-order valence-corrected chi connectivity index (χ2v) is 8.26. The highest BCUT2D eigenvalue weighted by Crippen LogP contribution is 2.31. The first-order valence-corrected chi connectivity index (χ1v) is 11.6. The lowest BCUT2D eigenvalue weighted by atomic mass is 10.0. The molecule has 5 aromatic rings. The number of rotatable bonds is 6. The van der Waals surface area contributed by atoms with E-state index < -0.39 is 18.0 Å². The first kappa shape index (κ1) is 22.9. The van der Waals surface area contributed by atoms with Crippen LogP contribution in [0.15, 0.2) is 109 Å². The van der Waals surface area contributed by atoms with Crippen molar-refractivity contribution in [2.24, 2.45) is 0 Å². The van der Waals surface area contributed by atoms with E-state index in [0.29, 0.717) is 22.3 Å². The van der Waals surface area contributed by atoms with Crippen LogP contribution in [0.25, 0.3) is 33.5 Å². The summed E-state index contributed by atoms with van der Waals surface area (Å²) < 4.78 is 5.43. The summed E-state index contributed by atoms with van der Waals surface area (Å²) >= 11 is 0. The summed E-state index contributed by atoms with van der Waals surface area (Å²) in [6.07, 6.45) is -0.972. The van der Waals surface area contributed by atoms with Crippen molar-refractivity contribution in [1.82, 2.24) is 9.97 Å². The molecular weight excluding hydrogens is 450 g/mol. The lowest BCUT2D eigenvalue weighted by Gasteiger charge is -2.14. The van der Waals surface area contributed by atoms with Gasteiger partial charge in [-0.3, -0.25) is 4.79 Å². The lowest BCUT2D eigenvalue weighted by molar-refractivity contribution is -0.123. The van der Waals surface area contributed by atoms with E-state index in [0.717, 1.165) is 22.5 Å². The summed E-state index contributed by atoms with van der Waals surface area (Å²) in [4.78, 5) is 35.1. The number of aromatic nitrogens is 2. The number of carbonyl (C=O) groups is 2. The van der Waals surface area contributed by atoms with E-state index in [1.54, 1.807) is 30.3 Å². The minimum atomic E-state index is -0.972. The zero-order valence-corrected chi connectivity index (χ0v) is 19.6. The molecular formula is C30H23N3O3. The highest BCUT2D eigenvalue weighted by atomic mass is 16.5. The van der Waals surface area contributed by atoms with Crippen LogP contribution in [-0.4, -0.2) is 27.9 Å². The largest absolute Gasteiger partial charge is 0.449 e. The number of amides is 1. The summed E-state index contributed by atoms with van der Waals surface area (Å²) in [7, 11) is 0. The van der Waals surface area contributed by atoms with Crippen LogP contribution in [0.4, 0.5) is 5.69 Å². The van der Waals surface area contributed by atoms with Crippen LogP contribution in [0, 0.1) is 0 Å². The minimum Gasteiger partial charge on any atom is -0.449 e. The number of anilines is 1. The number of nitrogens with zero attached hydrogens (tertiary/aromatic N) is 2. The summed E-state index contributed by atoms with van der Waals surface area (Å²) in [5, 5.41) is 2.74. The maximum absolute atomic E-state index is 12.8. The molecule has 1 heterocycles. The third-order valence-electron chi connectivity index (χ3n) is 5.69. The molecule has 0 fully saturated rings. The van der Waals surface area contributed by atoms with E-state index in [9.17, 15) is 9.59 Å². The van der Waals surface area contributed by atoms with Crippen LogP contribution >= 0.6 is 0 Å². The van der Waals surface area contributed by atoms with Crippen molar-refractivity contribution in [2.75, 3.05) is 5.32 Å². The van der Waals surface area contributed by atoms with Crippen LogP contribution in [0.2, 0.25) is 0 Å². The van der Waals surface area contributed by atoms with Crippen LogP contribution in [-0.2, 0) is 9.53 Å². The van der Waals surface area contributed by atoms with Gasteiger partial charge in [0.25, 0.3) is 5.91 Å². The number of carbonyl (C=O) groups excluding carboxylic acids is 2. The Morgan fingerprint density at radius 3 is 1.81 bits per heavy atom. The van der Waals surface area contributed by atoms with E-state index in [1.807, 2.05) is 78.9 Å². The zero-order valence-electron chi connectivity index (χ0n) is 19.6. The van der Waals surface area contributed by atoms with Gasteiger partial charge in [-0.25, -0.2) is 14.8 Å². The fourth-order valence-corrected chi connectivity index (χ4v) is 3.82. The van der Waals surface area contributed by atoms with Crippen LogP contribution in [0.1, 0.15) is 17.3 Å². The molecule has 1 aromatic heterocycles. The smallest absolute Gasteiger partial charge is 0.338 e. The monoisotopic (exact) mass is 473 g/mol. The SMILES string of the molecule is CC(OC(=O)c1ccc2nc(-c3ccccc3)c(-c3ccccc3)nc2c1)C(=O)Nc1ccccc1. The molecule has 5 rings (SSSR count). The molecule has 0 spiro atoms. The average Bonchev–Trinajstić information content (AvgIpc) is 2.93. The van der Waals surface area contributed by atoms with Crippen LogP contribution in [0.5, 0.6) is 0 Å². The fourth-order valence-electron chi connectivity index (χ4n) is 3.82. The molecule has 1 N–H and O–H groups in total. The Morgan fingerprint density at radius 2 is 1.22 bits per heavy atom. The van der Waals surface area contributed by atoms with Crippen molar-refractivity contribution in [1.29, 1.82) is 0 Å². The van der Waals surface area contributed by atoms with Gasteiger partial charge in [0.15, 0.2) is 6.10 Å². The summed E-state index contributed by atoms with van der Waals surface area (Å²) in [6.45, 7) is 1.54. The number of para-hydroxylation sites is 1. The van der Waals surface area contributed by atoms with Crippen LogP contribution in [0.3, 0.4) is 0 Å². The number of benzene rings is 4. The Balaban J connectivity index is 1.44. The van der Waals surface area contributed by atoms with Gasteiger partial charge >= 0.3 is 5.97 Å². The van der Waals surface area contributed by atoms with Crippen molar-refractivity contribution >= 4 is 28.6 Å². The first-order valence-electron chi connectivity index (χ1n) is 11.6. The lowest BCUT2D eigenvalue weighted by Crippen LogP contribution is -2.30. The van der Waals surface area contributed by atoms with Gasteiger partial charge in [-0.05, 0) is 37.3 Å². The van der Waals surface area contributed by atoms with Gasteiger partial charge in [-0.15, -0.1) is 0 Å². The summed E-state index contributed by atoms with van der Waals surface area (Å²) in [5.41, 5.74) is 5.49. The molecule has 0 bridgehead atoms. The molecule has 1 unspecified atom stereocenters. The van der Waals surface area contributed by atoms with Crippen LogP contribution < -0.4 is 5.32 Å². The number of ether oxygens (including phenoxy) is 1. The van der Waals surface area contributed by atoms with Gasteiger partial charge in [0.2, 0.25) is 0 Å². The highest BCUT2D eigenvalue weighted by Gasteiger charge is 2.20. The van der Waals surface area contributed by atoms with Gasteiger partial charge in [-0.2, -0.15) is 0 Å². The molecule has 176 valence electrons. The Labute approximate surface area is 208 Å². The average molecular weight is 474 g/mol. The zero-order chi connectivity index (χ0) is 24.9. The first-order chi connectivity index (χ1) is 17.6. The van der Waals surface area contributed by atoms with Crippen molar-refractivity contribution in [2.45, 2.75) is 13.0 Å². The third kappa shape index (κ3) is 4.98. The second-order valence-electron chi connectivity index (χ2n) is 8.26.